The zero-order valence-electron chi connectivity index (χ0n) is 7.39. The van der Waals surface area contributed by atoms with Crippen molar-refractivity contribution in [2.24, 2.45) is 11.7 Å². The van der Waals surface area contributed by atoms with Gasteiger partial charge in [-0.15, -0.1) is 0 Å². The van der Waals surface area contributed by atoms with E-state index in [2.05, 4.69) is 5.32 Å². The Hall–Kier alpha value is -0.570. The molecule has 0 bridgehead atoms. The average Bonchev–Trinajstić information content (AvgIpc) is 2.10. The van der Waals surface area contributed by atoms with Gasteiger partial charge in [0.05, 0.1) is 5.92 Å². The molecule has 0 saturated carbocycles. The number of hydrogen-bond donors (Lipinski definition) is 2. The van der Waals surface area contributed by atoms with E-state index < -0.39 is 0 Å². The molecule has 11 heavy (non-hydrogen) atoms. The monoisotopic (exact) mass is 162 g/mol. The summed E-state index contributed by atoms with van der Waals surface area (Å²) in [6.07, 6.45) is 2.04. The topological polar surface area (TPSA) is 55.1 Å². The van der Waals surface area contributed by atoms with Crippen LogP contribution in [0.15, 0.2) is 0 Å². The number of piperidine rings is 1. The Labute approximate surface area is 71.3 Å². The highest BCUT2D eigenvalue weighted by atomic mass is 16.1. The number of nitrogens with two attached hydrogens (primary N) is 1. The highest BCUT2D eigenvalue weighted by Gasteiger charge is 2.17. The number of nitrogens with one attached hydrogen (secondary N) is 1. The van der Waals surface area contributed by atoms with Gasteiger partial charge in [0.1, 0.15) is 0 Å². The van der Waals surface area contributed by atoms with Crippen LogP contribution in [0.4, 0.5) is 0 Å². The summed E-state index contributed by atoms with van der Waals surface area (Å²) >= 11 is 0. The zero-order chi connectivity index (χ0) is 8.69. The standard InChI is InChI=1S/C6H12N2O.C2H6.2H2/c7-6(9)5-2-1-3-8-4-5;1-2;;/h5,8H,1-4H2,(H2,7,9);1-2H3;2*1H. The van der Waals surface area contributed by atoms with Crippen LogP contribution >= 0.6 is 0 Å². The van der Waals surface area contributed by atoms with Crippen molar-refractivity contribution in [2.75, 3.05) is 13.1 Å². The second kappa shape index (κ2) is 6.16. The van der Waals surface area contributed by atoms with Crippen LogP contribution in [0.2, 0.25) is 0 Å². The third-order valence-corrected chi connectivity index (χ3v) is 1.70. The van der Waals surface area contributed by atoms with Gasteiger partial charge >= 0.3 is 0 Å². The number of carbonyl (C=O) groups is 1. The fraction of sp³-hybridized carbons (Fsp3) is 0.875. The first-order valence-corrected chi connectivity index (χ1v) is 4.31. The van der Waals surface area contributed by atoms with Gasteiger partial charge in [-0.05, 0) is 19.4 Å². The minimum atomic E-state index is -0.165. The molecule has 3 heteroatoms. The summed E-state index contributed by atoms with van der Waals surface area (Å²) < 4.78 is 0. The van der Waals surface area contributed by atoms with Gasteiger partial charge in [-0.25, -0.2) is 0 Å². The van der Waals surface area contributed by atoms with Crippen LogP contribution in [0.3, 0.4) is 0 Å². The maximum Gasteiger partial charge on any atom is 0.221 e. The molecular weight excluding hydrogens is 140 g/mol. The lowest BCUT2D eigenvalue weighted by Gasteiger charge is -2.18. The Balaban J connectivity index is -0.000000234. The highest BCUT2D eigenvalue weighted by molar-refractivity contribution is 5.76. The molecule has 1 saturated heterocycles. The normalized spacial score (nSPS) is 23.3. The van der Waals surface area contributed by atoms with Crippen molar-refractivity contribution in [3.05, 3.63) is 0 Å². The van der Waals surface area contributed by atoms with E-state index in [1.807, 2.05) is 13.8 Å². The number of carbonyl (C=O) groups excluding carboxylic acids is 1. The number of rotatable bonds is 1. The maximum atomic E-state index is 10.5. The molecule has 1 amide bonds. The maximum absolute atomic E-state index is 10.5. The Morgan fingerprint density at radius 2 is 2.27 bits per heavy atom. The van der Waals surface area contributed by atoms with Crippen LogP contribution in [0.25, 0.3) is 0 Å². The molecule has 0 aromatic carbocycles. The summed E-state index contributed by atoms with van der Waals surface area (Å²) in [6, 6.07) is 0. The quantitative estimate of drug-likeness (QED) is 0.604. The van der Waals surface area contributed by atoms with E-state index in [0.29, 0.717) is 0 Å². The lowest BCUT2D eigenvalue weighted by atomic mass is 9.99. The SMILES string of the molecule is CC.NC(=O)C1CCCNC1.[HH].[HH]. The molecule has 0 aromatic heterocycles. The summed E-state index contributed by atoms with van der Waals surface area (Å²) in [7, 11) is 0. The summed E-state index contributed by atoms with van der Waals surface area (Å²) in [5.41, 5.74) is 5.09. The predicted molar refractivity (Wildman–Crippen MR) is 50.4 cm³/mol. The smallest absolute Gasteiger partial charge is 0.221 e. The zero-order valence-corrected chi connectivity index (χ0v) is 7.39. The first kappa shape index (κ1) is 10.4. The Kier molecular flexibility index (Phi) is 5.84. The third-order valence-electron chi connectivity index (χ3n) is 1.70. The average molecular weight is 162 g/mol. The van der Waals surface area contributed by atoms with E-state index in [0.717, 1.165) is 25.9 Å². The van der Waals surface area contributed by atoms with Crippen molar-refractivity contribution in [3.8, 4) is 0 Å². The van der Waals surface area contributed by atoms with Crippen LogP contribution in [-0.4, -0.2) is 19.0 Å². The minimum absolute atomic E-state index is 0. The highest BCUT2D eigenvalue weighted by Crippen LogP contribution is 2.07. The molecule has 1 heterocycles. The van der Waals surface area contributed by atoms with Gasteiger partial charge in [-0.1, -0.05) is 13.8 Å². The Morgan fingerprint density at radius 3 is 2.55 bits per heavy atom. The van der Waals surface area contributed by atoms with Crippen LogP contribution in [0.5, 0.6) is 0 Å². The van der Waals surface area contributed by atoms with E-state index in [4.69, 9.17) is 5.73 Å². The van der Waals surface area contributed by atoms with Crippen LogP contribution < -0.4 is 11.1 Å². The van der Waals surface area contributed by atoms with Gasteiger partial charge in [0.15, 0.2) is 0 Å². The number of amides is 1. The molecule has 0 radical (unpaired) electrons. The fourth-order valence-corrected chi connectivity index (χ4v) is 1.09. The molecule has 1 aliphatic rings. The molecular formula is C8H22N2O. The van der Waals surface area contributed by atoms with Crippen molar-refractivity contribution in [3.63, 3.8) is 0 Å². The summed E-state index contributed by atoms with van der Waals surface area (Å²) in [5.74, 6) is -0.0825. The van der Waals surface area contributed by atoms with E-state index in [1.54, 1.807) is 0 Å². The van der Waals surface area contributed by atoms with Crippen molar-refractivity contribution in [1.29, 1.82) is 0 Å². The van der Waals surface area contributed by atoms with E-state index in [9.17, 15) is 4.79 Å². The molecule has 1 aliphatic heterocycles. The summed E-state index contributed by atoms with van der Waals surface area (Å²) in [6.45, 7) is 5.80. The van der Waals surface area contributed by atoms with Gasteiger partial charge in [-0.2, -0.15) is 0 Å². The van der Waals surface area contributed by atoms with Crippen molar-refractivity contribution < 1.29 is 7.65 Å². The van der Waals surface area contributed by atoms with E-state index >= 15 is 0 Å². The van der Waals surface area contributed by atoms with Gasteiger partial charge < -0.3 is 11.1 Å². The molecule has 3 nitrogen and oxygen atoms in total. The largest absolute Gasteiger partial charge is 0.369 e. The van der Waals surface area contributed by atoms with Crippen molar-refractivity contribution in [2.45, 2.75) is 26.7 Å². The van der Waals surface area contributed by atoms with Gasteiger partial charge in [0.2, 0.25) is 5.91 Å². The van der Waals surface area contributed by atoms with Crippen molar-refractivity contribution in [1.82, 2.24) is 5.32 Å². The number of primary amides is 1. The van der Waals surface area contributed by atoms with E-state index in [-0.39, 0.29) is 14.7 Å². The third kappa shape index (κ3) is 3.98. The Morgan fingerprint density at radius 1 is 1.64 bits per heavy atom. The van der Waals surface area contributed by atoms with Gasteiger partial charge in [0, 0.05) is 9.40 Å². The predicted octanol–water partition coefficient (Wildman–Crippen LogP) is 0.990. The minimum Gasteiger partial charge on any atom is -0.369 e. The second-order valence-corrected chi connectivity index (χ2v) is 2.45. The van der Waals surface area contributed by atoms with Gasteiger partial charge in [-0.3, -0.25) is 4.79 Å². The molecule has 1 atom stereocenters. The molecule has 1 rings (SSSR count). The van der Waals surface area contributed by atoms with Gasteiger partial charge in [0.25, 0.3) is 0 Å². The van der Waals surface area contributed by atoms with Crippen molar-refractivity contribution >= 4 is 5.91 Å². The summed E-state index contributed by atoms with van der Waals surface area (Å²) in [4.78, 5) is 10.5. The molecule has 3 N–H and O–H groups in total. The first-order chi connectivity index (χ1) is 5.30. The summed E-state index contributed by atoms with van der Waals surface area (Å²) in [5, 5.41) is 3.12. The lowest BCUT2D eigenvalue weighted by Crippen LogP contribution is -2.37. The van der Waals surface area contributed by atoms with Crippen LogP contribution in [0, 0.1) is 5.92 Å². The van der Waals surface area contributed by atoms with Crippen LogP contribution in [0.1, 0.15) is 29.5 Å². The number of hydrogen-bond acceptors (Lipinski definition) is 2. The molecule has 1 unspecified atom stereocenters. The molecule has 0 aromatic rings. The fourth-order valence-electron chi connectivity index (χ4n) is 1.09. The molecule has 0 aliphatic carbocycles. The lowest BCUT2D eigenvalue weighted by molar-refractivity contribution is -0.122. The molecule has 0 spiro atoms. The first-order valence-electron chi connectivity index (χ1n) is 4.31. The van der Waals surface area contributed by atoms with E-state index in [1.165, 1.54) is 0 Å². The molecule has 70 valence electrons. The second-order valence-electron chi connectivity index (χ2n) is 2.45. The molecule has 1 fully saturated rings. The van der Waals surface area contributed by atoms with Crippen LogP contribution in [-0.2, 0) is 4.79 Å². The Bertz CT molecular complexity index is 117.